The Morgan fingerprint density at radius 1 is 1.17 bits per heavy atom. The number of methoxy groups -OCH3 is 1. The lowest BCUT2D eigenvalue weighted by atomic mass is 10.2. The summed E-state index contributed by atoms with van der Waals surface area (Å²) in [5.74, 6) is 0.133. The van der Waals surface area contributed by atoms with Gasteiger partial charge in [0.25, 0.3) is 0 Å². The molecule has 0 fully saturated rings. The fraction of sp³-hybridized carbons (Fsp3) is 0.188. The number of rotatable bonds is 4. The Morgan fingerprint density at radius 3 is 2.65 bits per heavy atom. The van der Waals surface area contributed by atoms with Crippen LogP contribution in [0.25, 0.3) is 16.7 Å². The second-order valence-electron chi connectivity index (χ2n) is 4.77. The van der Waals surface area contributed by atoms with Gasteiger partial charge in [0.05, 0.1) is 19.3 Å². The minimum absolute atomic E-state index is 0.00412. The maximum absolute atomic E-state index is 11.6. The minimum atomic E-state index is -0.439. The number of hydrogen-bond donors (Lipinski definition) is 1. The smallest absolute Gasteiger partial charge is 0.337 e. The lowest BCUT2D eigenvalue weighted by Crippen LogP contribution is -2.00. The summed E-state index contributed by atoms with van der Waals surface area (Å²) in [6.45, 7) is 2.38. The third-order valence-corrected chi connectivity index (χ3v) is 3.27. The molecule has 7 heteroatoms. The van der Waals surface area contributed by atoms with E-state index < -0.39 is 5.97 Å². The fourth-order valence-corrected chi connectivity index (χ4v) is 2.20. The average molecular weight is 313 g/mol. The average Bonchev–Trinajstić information content (AvgIpc) is 2.97. The highest BCUT2D eigenvalue weighted by molar-refractivity contribution is 5.93. The standard InChI is InChI=1S/C16H15N3O4/c1-3-23-11-5-7-14(15(20)9-11)19-17-12-6-4-10(16(21)22-2)8-13(12)18-19/h4-9,20H,3H2,1-2H3. The molecule has 0 aliphatic rings. The number of ether oxygens (including phenoxy) is 2. The van der Waals surface area contributed by atoms with Crippen LogP contribution in [0, 0.1) is 0 Å². The zero-order valence-electron chi connectivity index (χ0n) is 12.7. The van der Waals surface area contributed by atoms with Crippen LogP contribution in [0.4, 0.5) is 0 Å². The van der Waals surface area contributed by atoms with E-state index in [1.54, 1.807) is 30.3 Å². The van der Waals surface area contributed by atoms with Gasteiger partial charge in [0, 0.05) is 6.07 Å². The van der Waals surface area contributed by atoms with Crippen molar-refractivity contribution < 1.29 is 19.4 Å². The van der Waals surface area contributed by atoms with E-state index in [2.05, 4.69) is 14.9 Å². The predicted molar refractivity (Wildman–Crippen MR) is 83.0 cm³/mol. The first-order valence-corrected chi connectivity index (χ1v) is 7.04. The highest BCUT2D eigenvalue weighted by Gasteiger charge is 2.12. The number of phenolic OH excluding ortho intramolecular Hbond substituents is 1. The molecule has 7 nitrogen and oxygen atoms in total. The summed E-state index contributed by atoms with van der Waals surface area (Å²) in [4.78, 5) is 12.9. The van der Waals surface area contributed by atoms with Gasteiger partial charge >= 0.3 is 5.97 Å². The molecule has 23 heavy (non-hydrogen) atoms. The van der Waals surface area contributed by atoms with Crippen molar-refractivity contribution in [3.8, 4) is 17.2 Å². The summed E-state index contributed by atoms with van der Waals surface area (Å²) in [6, 6.07) is 9.79. The van der Waals surface area contributed by atoms with Crippen LogP contribution in [0.1, 0.15) is 17.3 Å². The summed E-state index contributed by atoms with van der Waals surface area (Å²) in [7, 11) is 1.32. The molecule has 118 valence electrons. The van der Waals surface area contributed by atoms with E-state index in [0.717, 1.165) is 0 Å². The van der Waals surface area contributed by atoms with Gasteiger partial charge in [-0.1, -0.05) is 0 Å². The Balaban J connectivity index is 2.02. The molecule has 3 rings (SSSR count). The Bertz CT molecular complexity index is 873. The first-order valence-electron chi connectivity index (χ1n) is 7.04. The maximum Gasteiger partial charge on any atom is 0.337 e. The molecule has 0 spiro atoms. The van der Waals surface area contributed by atoms with Crippen LogP contribution in [0.2, 0.25) is 0 Å². The number of carbonyl (C=O) groups excluding carboxylic acids is 1. The molecule has 0 atom stereocenters. The Kier molecular flexibility index (Phi) is 3.84. The maximum atomic E-state index is 11.6. The molecule has 0 saturated carbocycles. The monoisotopic (exact) mass is 313 g/mol. The minimum Gasteiger partial charge on any atom is -0.505 e. The zero-order chi connectivity index (χ0) is 16.4. The molecule has 3 aromatic rings. The van der Waals surface area contributed by atoms with Crippen LogP contribution in [0.3, 0.4) is 0 Å². The van der Waals surface area contributed by atoms with Gasteiger partial charge in [-0.3, -0.25) is 0 Å². The molecule has 0 aliphatic carbocycles. The molecule has 0 radical (unpaired) electrons. The second-order valence-corrected chi connectivity index (χ2v) is 4.77. The number of benzene rings is 2. The van der Waals surface area contributed by atoms with Crippen molar-refractivity contribution in [2.45, 2.75) is 6.92 Å². The number of hydrogen-bond acceptors (Lipinski definition) is 6. The quantitative estimate of drug-likeness (QED) is 0.744. The molecule has 0 amide bonds. The van der Waals surface area contributed by atoms with E-state index in [9.17, 15) is 9.90 Å². The molecule has 1 aromatic heterocycles. The molecule has 0 bridgehead atoms. The van der Waals surface area contributed by atoms with E-state index in [4.69, 9.17) is 4.74 Å². The van der Waals surface area contributed by atoms with Crippen molar-refractivity contribution >= 4 is 17.0 Å². The van der Waals surface area contributed by atoms with Gasteiger partial charge in [0.15, 0.2) is 0 Å². The van der Waals surface area contributed by atoms with Gasteiger partial charge in [0.2, 0.25) is 0 Å². The van der Waals surface area contributed by atoms with E-state index in [1.807, 2.05) is 6.92 Å². The fourth-order valence-electron chi connectivity index (χ4n) is 2.20. The summed E-state index contributed by atoms with van der Waals surface area (Å²) < 4.78 is 10.0. The van der Waals surface area contributed by atoms with E-state index in [0.29, 0.717) is 34.6 Å². The number of esters is 1. The molecule has 0 saturated heterocycles. The summed E-state index contributed by atoms with van der Waals surface area (Å²) in [5.41, 5.74) is 1.94. The predicted octanol–water partition coefficient (Wildman–Crippen LogP) is 2.31. The Morgan fingerprint density at radius 2 is 1.96 bits per heavy atom. The molecular formula is C16H15N3O4. The van der Waals surface area contributed by atoms with Crippen LogP contribution in [-0.4, -0.2) is 39.8 Å². The van der Waals surface area contributed by atoms with Gasteiger partial charge in [0.1, 0.15) is 28.2 Å². The van der Waals surface area contributed by atoms with E-state index in [1.165, 1.54) is 18.0 Å². The van der Waals surface area contributed by atoms with Crippen molar-refractivity contribution in [1.82, 2.24) is 15.0 Å². The number of nitrogens with zero attached hydrogens (tertiary/aromatic N) is 3. The van der Waals surface area contributed by atoms with Gasteiger partial charge in [-0.15, -0.1) is 15.0 Å². The number of fused-ring (bicyclic) bond motifs is 1. The van der Waals surface area contributed by atoms with Gasteiger partial charge < -0.3 is 14.6 Å². The van der Waals surface area contributed by atoms with Crippen LogP contribution < -0.4 is 4.74 Å². The lowest BCUT2D eigenvalue weighted by molar-refractivity contribution is 0.0601. The molecule has 1 heterocycles. The number of aromatic nitrogens is 3. The summed E-state index contributed by atoms with van der Waals surface area (Å²) in [5, 5.41) is 18.7. The van der Waals surface area contributed by atoms with Gasteiger partial charge in [-0.05, 0) is 37.3 Å². The van der Waals surface area contributed by atoms with Crippen LogP contribution in [-0.2, 0) is 4.74 Å². The highest BCUT2D eigenvalue weighted by Crippen LogP contribution is 2.27. The van der Waals surface area contributed by atoms with Crippen molar-refractivity contribution in [3.63, 3.8) is 0 Å². The van der Waals surface area contributed by atoms with Crippen molar-refractivity contribution in [3.05, 3.63) is 42.0 Å². The van der Waals surface area contributed by atoms with Crippen molar-refractivity contribution in [2.75, 3.05) is 13.7 Å². The number of carbonyl (C=O) groups is 1. The first kappa shape index (κ1) is 14.8. The molecule has 0 aliphatic heterocycles. The Labute approximate surface area is 132 Å². The first-order chi connectivity index (χ1) is 11.1. The van der Waals surface area contributed by atoms with E-state index in [-0.39, 0.29) is 5.75 Å². The number of phenols is 1. The number of aromatic hydroxyl groups is 1. The SMILES string of the molecule is CCOc1ccc(-n2nc3ccc(C(=O)OC)cc3n2)c(O)c1. The topological polar surface area (TPSA) is 86.5 Å². The zero-order valence-corrected chi connectivity index (χ0v) is 12.7. The lowest BCUT2D eigenvalue weighted by Gasteiger charge is -2.06. The third-order valence-electron chi connectivity index (χ3n) is 3.27. The van der Waals surface area contributed by atoms with E-state index >= 15 is 0 Å². The Hall–Kier alpha value is -3.09. The molecular weight excluding hydrogens is 298 g/mol. The molecule has 0 unspecified atom stereocenters. The summed E-state index contributed by atoms with van der Waals surface area (Å²) >= 11 is 0. The van der Waals surface area contributed by atoms with Crippen molar-refractivity contribution in [2.24, 2.45) is 0 Å². The van der Waals surface area contributed by atoms with Gasteiger partial charge in [-0.2, -0.15) is 0 Å². The van der Waals surface area contributed by atoms with Crippen LogP contribution in [0.5, 0.6) is 11.5 Å². The largest absolute Gasteiger partial charge is 0.505 e. The van der Waals surface area contributed by atoms with Crippen molar-refractivity contribution in [1.29, 1.82) is 0 Å². The van der Waals surface area contributed by atoms with Crippen LogP contribution in [0.15, 0.2) is 36.4 Å². The van der Waals surface area contributed by atoms with Gasteiger partial charge in [-0.25, -0.2) is 4.79 Å². The summed E-state index contributed by atoms with van der Waals surface area (Å²) in [6.07, 6.45) is 0. The molecule has 1 N–H and O–H groups in total. The third kappa shape index (κ3) is 2.80. The normalized spacial score (nSPS) is 10.7. The molecule has 2 aromatic carbocycles. The second kappa shape index (κ2) is 5.96. The van der Waals surface area contributed by atoms with Crippen LogP contribution >= 0.6 is 0 Å². The highest BCUT2D eigenvalue weighted by atomic mass is 16.5.